The molecule has 1 heterocycles. The Bertz CT molecular complexity index is 602. The zero-order chi connectivity index (χ0) is 16.9. The Morgan fingerprint density at radius 2 is 2.12 bits per heavy atom. The van der Waals surface area contributed by atoms with Gasteiger partial charge >= 0.3 is 5.97 Å². The quantitative estimate of drug-likeness (QED) is 0.808. The number of rotatable bonds is 5. The minimum atomic E-state index is -0.293. The van der Waals surface area contributed by atoms with Gasteiger partial charge in [0.15, 0.2) is 0 Å². The maximum atomic E-state index is 12.5. The van der Waals surface area contributed by atoms with Crippen molar-refractivity contribution in [2.75, 3.05) is 19.7 Å². The third kappa shape index (κ3) is 3.78. The van der Waals surface area contributed by atoms with E-state index in [1.54, 1.807) is 6.92 Å². The number of aryl methyl sites for hydroxylation is 1. The maximum Gasteiger partial charge on any atom is 0.312 e. The van der Waals surface area contributed by atoms with Gasteiger partial charge in [-0.05, 0) is 49.8 Å². The molecule has 2 N–H and O–H groups in total. The largest absolute Gasteiger partial charge is 0.466 e. The summed E-state index contributed by atoms with van der Waals surface area (Å²) >= 11 is 0. The average Bonchev–Trinajstić information content (AvgIpc) is 2.98. The van der Waals surface area contributed by atoms with Gasteiger partial charge in [0.25, 0.3) is 0 Å². The Labute approximate surface area is 143 Å². The number of nitrogens with one attached hydrogen (secondary N) is 2. The minimum absolute atomic E-state index is 0.0397. The van der Waals surface area contributed by atoms with Crippen LogP contribution in [0, 0.1) is 5.92 Å². The second-order valence-electron chi connectivity index (χ2n) is 6.66. The number of hydrogen-bond donors (Lipinski definition) is 2. The van der Waals surface area contributed by atoms with Crippen LogP contribution < -0.4 is 10.6 Å². The molecule has 2 aliphatic rings. The van der Waals surface area contributed by atoms with Crippen molar-refractivity contribution in [2.45, 2.75) is 44.6 Å². The standard InChI is InChI=1S/C19H26N2O3/c1-2-24-19(23)16-12-20-10-9-17(16)21-18(22)11-14-8-7-13-5-3-4-6-15(13)14/h3-6,14,16-17,20H,2,7-12H2,1H3,(H,21,22)/t14?,16-,17+/m1/s1. The van der Waals surface area contributed by atoms with E-state index < -0.39 is 0 Å². The third-order valence-electron chi connectivity index (χ3n) is 5.11. The predicted molar refractivity (Wildman–Crippen MR) is 91.7 cm³/mol. The molecule has 5 heteroatoms. The summed E-state index contributed by atoms with van der Waals surface area (Å²) in [6, 6.07) is 8.25. The van der Waals surface area contributed by atoms with E-state index in [-0.39, 0.29) is 23.8 Å². The van der Waals surface area contributed by atoms with E-state index in [4.69, 9.17) is 4.74 Å². The van der Waals surface area contributed by atoms with Gasteiger partial charge in [0.1, 0.15) is 0 Å². The molecule has 0 saturated carbocycles. The zero-order valence-electron chi connectivity index (χ0n) is 14.2. The monoisotopic (exact) mass is 330 g/mol. The summed E-state index contributed by atoms with van der Waals surface area (Å²) in [6.45, 7) is 3.55. The van der Waals surface area contributed by atoms with Crippen molar-refractivity contribution in [1.82, 2.24) is 10.6 Å². The molecule has 1 aliphatic heterocycles. The van der Waals surface area contributed by atoms with Crippen molar-refractivity contribution < 1.29 is 14.3 Å². The van der Waals surface area contributed by atoms with Crippen LogP contribution in [0.15, 0.2) is 24.3 Å². The van der Waals surface area contributed by atoms with Crippen LogP contribution in [-0.2, 0) is 20.7 Å². The van der Waals surface area contributed by atoms with E-state index >= 15 is 0 Å². The lowest BCUT2D eigenvalue weighted by molar-refractivity contribution is -0.149. The predicted octanol–water partition coefficient (Wildman–Crippen LogP) is 1.76. The highest BCUT2D eigenvalue weighted by atomic mass is 16.5. The van der Waals surface area contributed by atoms with Crippen LogP contribution >= 0.6 is 0 Å². The van der Waals surface area contributed by atoms with E-state index in [1.807, 2.05) is 6.07 Å². The third-order valence-corrected chi connectivity index (χ3v) is 5.11. The summed E-state index contributed by atoms with van der Waals surface area (Å²) in [6.07, 6.45) is 3.33. The summed E-state index contributed by atoms with van der Waals surface area (Å²) < 4.78 is 5.14. The van der Waals surface area contributed by atoms with Crippen molar-refractivity contribution in [1.29, 1.82) is 0 Å². The lowest BCUT2D eigenvalue weighted by Gasteiger charge is -2.31. The van der Waals surface area contributed by atoms with Gasteiger partial charge in [0.2, 0.25) is 5.91 Å². The first-order chi connectivity index (χ1) is 11.7. The summed E-state index contributed by atoms with van der Waals surface area (Å²) in [7, 11) is 0. The Kier molecular flexibility index (Phi) is 5.51. The second kappa shape index (κ2) is 7.79. The first-order valence-electron chi connectivity index (χ1n) is 8.93. The van der Waals surface area contributed by atoms with Gasteiger partial charge in [-0.1, -0.05) is 24.3 Å². The fourth-order valence-electron chi connectivity index (χ4n) is 3.88. The Morgan fingerprint density at radius 1 is 1.29 bits per heavy atom. The molecule has 24 heavy (non-hydrogen) atoms. The van der Waals surface area contributed by atoms with Crippen LogP contribution in [0.4, 0.5) is 0 Å². The van der Waals surface area contributed by atoms with Crippen LogP contribution in [-0.4, -0.2) is 37.6 Å². The van der Waals surface area contributed by atoms with Crippen LogP contribution in [0.5, 0.6) is 0 Å². The highest BCUT2D eigenvalue weighted by Crippen LogP contribution is 2.35. The summed E-state index contributed by atoms with van der Waals surface area (Å²) in [5, 5.41) is 6.30. The molecule has 5 nitrogen and oxygen atoms in total. The number of esters is 1. The van der Waals surface area contributed by atoms with Gasteiger partial charge in [-0.15, -0.1) is 0 Å². The topological polar surface area (TPSA) is 67.4 Å². The Hall–Kier alpha value is -1.88. The fraction of sp³-hybridized carbons (Fsp3) is 0.579. The van der Waals surface area contributed by atoms with Crippen LogP contribution in [0.1, 0.15) is 43.2 Å². The van der Waals surface area contributed by atoms with Crippen molar-refractivity contribution in [3.05, 3.63) is 35.4 Å². The summed E-state index contributed by atoms with van der Waals surface area (Å²) in [5.74, 6) is -0.179. The molecule has 1 aromatic rings. The molecule has 1 fully saturated rings. The van der Waals surface area contributed by atoms with Crippen molar-refractivity contribution >= 4 is 11.9 Å². The minimum Gasteiger partial charge on any atom is -0.466 e. The van der Waals surface area contributed by atoms with Gasteiger partial charge < -0.3 is 15.4 Å². The fourth-order valence-corrected chi connectivity index (χ4v) is 3.88. The number of fused-ring (bicyclic) bond motifs is 1. The Morgan fingerprint density at radius 3 is 2.96 bits per heavy atom. The van der Waals surface area contributed by atoms with E-state index in [0.717, 1.165) is 25.8 Å². The molecule has 0 bridgehead atoms. The van der Waals surface area contributed by atoms with Gasteiger partial charge in [-0.2, -0.15) is 0 Å². The van der Waals surface area contributed by atoms with Crippen molar-refractivity contribution in [3.63, 3.8) is 0 Å². The van der Waals surface area contributed by atoms with Gasteiger partial charge in [0.05, 0.1) is 12.5 Å². The van der Waals surface area contributed by atoms with Crippen LogP contribution in [0.2, 0.25) is 0 Å². The van der Waals surface area contributed by atoms with Crippen LogP contribution in [0.25, 0.3) is 0 Å². The van der Waals surface area contributed by atoms with E-state index in [2.05, 4.69) is 28.8 Å². The zero-order valence-corrected chi connectivity index (χ0v) is 14.2. The molecule has 1 aromatic carbocycles. The molecule has 1 amide bonds. The first-order valence-corrected chi connectivity index (χ1v) is 8.93. The molecule has 0 spiro atoms. The molecule has 0 aromatic heterocycles. The molecule has 1 unspecified atom stereocenters. The van der Waals surface area contributed by atoms with E-state index in [1.165, 1.54) is 11.1 Å². The second-order valence-corrected chi connectivity index (χ2v) is 6.66. The molecule has 3 rings (SSSR count). The SMILES string of the molecule is CCOC(=O)[C@@H]1CNCC[C@@H]1NC(=O)CC1CCc2ccccc21. The van der Waals surface area contributed by atoms with Crippen LogP contribution in [0.3, 0.4) is 0 Å². The van der Waals surface area contributed by atoms with E-state index in [0.29, 0.717) is 25.5 Å². The molecule has 130 valence electrons. The number of benzene rings is 1. The van der Waals surface area contributed by atoms with E-state index in [9.17, 15) is 9.59 Å². The number of carbonyl (C=O) groups is 2. The maximum absolute atomic E-state index is 12.5. The van der Waals surface area contributed by atoms with Crippen molar-refractivity contribution in [3.8, 4) is 0 Å². The summed E-state index contributed by atoms with van der Waals surface area (Å²) in [5.41, 5.74) is 2.67. The van der Waals surface area contributed by atoms with Crippen molar-refractivity contribution in [2.24, 2.45) is 5.92 Å². The summed E-state index contributed by atoms with van der Waals surface area (Å²) in [4.78, 5) is 24.6. The number of piperidine rings is 1. The number of ether oxygens (including phenoxy) is 1. The van der Waals surface area contributed by atoms with Gasteiger partial charge in [0, 0.05) is 19.0 Å². The molecule has 1 aliphatic carbocycles. The van der Waals surface area contributed by atoms with Gasteiger partial charge in [-0.3, -0.25) is 9.59 Å². The smallest absolute Gasteiger partial charge is 0.312 e. The molecule has 3 atom stereocenters. The molecule has 0 radical (unpaired) electrons. The number of amides is 1. The molecular formula is C19H26N2O3. The first kappa shape index (κ1) is 17.0. The lowest BCUT2D eigenvalue weighted by Crippen LogP contribution is -2.52. The average molecular weight is 330 g/mol. The molecule has 1 saturated heterocycles. The molecular weight excluding hydrogens is 304 g/mol. The Balaban J connectivity index is 1.58. The number of hydrogen-bond acceptors (Lipinski definition) is 4. The normalized spacial score (nSPS) is 25.8. The highest BCUT2D eigenvalue weighted by molar-refractivity contribution is 5.79. The lowest BCUT2D eigenvalue weighted by atomic mass is 9.92. The number of carbonyl (C=O) groups excluding carboxylic acids is 2. The van der Waals surface area contributed by atoms with Gasteiger partial charge in [-0.25, -0.2) is 0 Å². The highest BCUT2D eigenvalue weighted by Gasteiger charge is 2.34.